The first-order valence-electron chi connectivity index (χ1n) is 5.34. The van der Waals surface area contributed by atoms with Crippen LogP contribution in [0.2, 0.25) is 0 Å². The molecular formula is C12H17FN2O. The minimum absolute atomic E-state index is 0.134. The van der Waals surface area contributed by atoms with Crippen molar-refractivity contribution in [2.75, 3.05) is 0 Å². The molecule has 88 valence electrons. The average molecular weight is 224 g/mol. The third kappa shape index (κ3) is 1.75. The SMILES string of the molecule is CC.Cc1cc2c(cc1F)n(C)c(=O)n2C. The van der Waals surface area contributed by atoms with E-state index in [1.165, 1.54) is 15.2 Å². The van der Waals surface area contributed by atoms with Gasteiger partial charge in [0.05, 0.1) is 11.0 Å². The van der Waals surface area contributed by atoms with Gasteiger partial charge in [-0.05, 0) is 18.6 Å². The zero-order valence-corrected chi connectivity index (χ0v) is 10.3. The van der Waals surface area contributed by atoms with E-state index >= 15 is 0 Å². The Morgan fingerprint density at radius 2 is 1.50 bits per heavy atom. The van der Waals surface area contributed by atoms with Crippen LogP contribution < -0.4 is 5.69 Å². The maximum absolute atomic E-state index is 13.2. The Hall–Kier alpha value is -1.58. The van der Waals surface area contributed by atoms with Crippen LogP contribution >= 0.6 is 0 Å². The van der Waals surface area contributed by atoms with Gasteiger partial charge < -0.3 is 0 Å². The van der Waals surface area contributed by atoms with Crippen LogP contribution in [0.1, 0.15) is 19.4 Å². The van der Waals surface area contributed by atoms with Crippen LogP contribution in [0.25, 0.3) is 11.0 Å². The first-order valence-corrected chi connectivity index (χ1v) is 5.34. The lowest BCUT2D eigenvalue weighted by Gasteiger charge is -1.98. The van der Waals surface area contributed by atoms with Crippen LogP contribution in [0, 0.1) is 12.7 Å². The van der Waals surface area contributed by atoms with Gasteiger partial charge >= 0.3 is 5.69 Å². The summed E-state index contributed by atoms with van der Waals surface area (Å²) in [6, 6.07) is 3.08. The van der Waals surface area contributed by atoms with Crippen LogP contribution in [-0.4, -0.2) is 9.13 Å². The molecule has 0 radical (unpaired) electrons. The van der Waals surface area contributed by atoms with E-state index in [-0.39, 0.29) is 11.5 Å². The maximum atomic E-state index is 13.2. The van der Waals surface area contributed by atoms with Crippen molar-refractivity contribution in [2.24, 2.45) is 14.1 Å². The highest BCUT2D eigenvalue weighted by Crippen LogP contribution is 2.16. The van der Waals surface area contributed by atoms with Crippen molar-refractivity contribution in [3.63, 3.8) is 0 Å². The van der Waals surface area contributed by atoms with E-state index in [1.807, 2.05) is 13.8 Å². The molecule has 0 bridgehead atoms. The number of fused-ring (bicyclic) bond motifs is 1. The molecule has 2 aromatic rings. The van der Waals surface area contributed by atoms with E-state index in [9.17, 15) is 9.18 Å². The van der Waals surface area contributed by atoms with Gasteiger partial charge in [-0.15, -0.1) is 0 Å². The fourth-order valence-electron chi connectivity index (χ4n) is 1.62. The Kier molecular flexibility index (Phi) is 3.52. The molecule has 0 spiro atoms. The third-order valence-corrected chi connectivity index (χ3v) is 2.55. The zero-order valence-electron chi connectivity index (χ0n) is 10.3. The van der Waals surface area contributed by atoms with Crippen molar-refractivity contribution >= 4 is 11.0 Å². The average Bonchev–Trinajstić information content (AvgIpc) is 2.49. The molecule has 4 heteroatoms. The fourth-order valence-corrected chi connectivity index (χ4v) is 1.62. The first kappa shape index (κ1) is 12.5. The van der Waals surface area contributed by atoms with Gasteiger partial charge in [-0.2, -0.15) is 0 Å². The molecule has 1 aromatic heterocycles. The number of hydrogen-bond acceptors (Lipinski definition) is 1. The highest BCUT2D eigenvalue weighted by atomic mass is 19.1. The lowest BCUT2D eigenvalue weighted by atomic mass is 10.2. The topological polar surface area (TPSA) is 26.9 Å². The number of hydrogen-bond donors (Lipinski definition) is 0. The van der Waals surface area contributed by atoms with Crippen molar-refractivity contribution in [1.82, 2.24) is 9.13 Å². The van der Waals surface area contributed by atoms with Crippen molar-refractivity contribution in [3.8, 4) is 0 Å². The van der Waals surface area contributed by atoms with E-state index in [1.54, 1.807) is 27.1 Å². The van der Waals surface area contributed by atoms with Gasteiger partial charge in [-0.25, -0.2) is 9.18 Å². The molecule has 0 saturated heterocycles. The predicted octanol–water partition coefficient (Wildman–Crippen LogP) is 2.35. The van der Waals surface area contributed by atoms with Gasteiger partial charge in [0.25, 0.3) is 0 Å². The van der Waals surface area contributed by atoms with Crippen molar-refractivity contribution in [2.45, 2.75) is 20.8 Å². The Morgan fingerprint density at radius 1 is 1.06 bits per heavy atom. The minimum Gasteiger partial charge on any atom is -0.295 e. The van der Waals surface area contributed by atoms with Gasteiger partial charge in [0.1, 0.15) is 5.82 Å². The summed E-state index contributed by atoms with van der Waals surface area (Å²) in [6.45, 7) is 5.69. The van der Waals surface area contributed by atoms with Gasteiger partial charge in [0.2, 0.25) is 0 Å². The maximum Gasteiger partial charge on any atom is 0.328 e. The van der Waals surface area contributed by atoms with E-state index < -0.39 is 0 Å². The molecule has 0 N–H and O–H groups in total. The number of benzene rings is 1. The summed E-state index contributed by atoms with van der Waals surface area (Å²) in [5, 5.41) is 0. The monoisotopic (exact) mass is 224 g/mol. The Bertz CT molecular complexity index is 518. The second kappa shape index (κ2) is 4.51. The number of rotatable bonds is 0. The molecular weight excluding hydrogens is 207 g/mol. The van der Waals surface area contributed by atoms with Crippen LogP contribution in [0.15, 0.2) is 16.9 Å². The zero-order chi connectivity index (χ0) is 12.5. The summed E-state index contributed by atoms with van der Waals surface area (Å²) in [6.07, 6.45) is 0. The van der Waals surface area contributed by atoms with Crippen LogP contribution in [0.4, 0.5) is 4.39 Å². The largest absolute Gasteiger partial charge is 0.328 e. The fraction of sp³-hybridized carbons (Fsp3) is 0.417. The van der Waals surface area contributed by atoms with Gasteiger partial charge in [-0.3, -0.25) is 9.13 Å². The molecule has 0 amide bonds. The van der Waals surface area contributed by atoms with Crippen molar-refractivity contribution < 1.29 is 4.39 Å². The lowest BCUT2D eigenvalue weighted by Crippen LogP contribution is -2.19. The quantitative estimate of drug-likeness (QED) is 0.674. The Morgan fingerprint density at radius 3 is 2.00 bits per heavy atom. The van der Waals surface area contributed by atoms with Crippen LogP contribution in [-0.2, 0) is 14.1 Å². The second-order valence-electron chi connectivity index (χ2n) is 3.49. The first-order chi connectivity index (χ1) is 7.52. The summed E-state index contributed by atoms with van der Waals surface area (Å²) in [4.78, 5) is 11.5. The van der Waals surface area contributed by atoms with Crippen LogP contribution in [0.5, 0.6) is 0 Å². The predicted molar refractivity (Wildman–Crippen MR) is 64.2 cm³/mol. The number of aromatic nitrogens is 2. The number of nitrogens with zero attached hydrogens (tertiary/aromatic N) is 2. The molecule has 1 heterocycles. The summed E-state index contributed by atoms with van der Waals surface area (Å²) >= 11 is 0. The van der Waals surface area contributed by atoms with E-state index in [0.29, 0.717) is 11.1 Å². The molecule has 0 aliphatic carbocycles. The number of imidazole rings is 1. The molecule has 0 atom stereocenters. The van der Waals surface area contributed by atoms with Crippen molar-refractivity contribution in [1.29, 1.82) is 0 Å². The molecule has 0 fully saturated rings. The highest BCUT2D eigenvalue weighted by Gasteiger charge is 2.09. The van der Waals surface area contributed by atoms with Gasteiger partial charge in [0, 0.05) is 20.2 Å². The van der Waals surface area contributed by atoms with Crippen molar-refractivity contribution in [3.05, 3.63) is 34.0 Å². The van der Waals surface area contributed by atoms with E-state index in [2.05, 4.69) is 0 Å². The molecule has 0 aliphatic rings. The van der Waals surface area contributed by atoms with E-state index in [0.717, 1.165) is 5.52 Å². The smallest absolute Gasteiger partial charge is 0.295 e. The van der Waals surface area contributed by atoms with Crippen LogP contribution in [0.3, 0.4) is 0 Å². The third-order valence-electron chi connectivity index (χ3n) is 2.55. The standard InChI is InChI=1S/C10H11FN2O.C2H6/c1-6-4-8-9(5-7(6)11)13(3)10(14)12(8)2;1-2/h4-5H,1-3H3;1-2H3. The summed E-state index contributed by atoms with van der Waals surface area (Å²) in [7, 11) is 3.32. The molecule has 16 heavy (non-hydrogen) atoms. The molecule has 0 aliphatic heterocycles. The van der Waals surface area contributed by atoms with Gasteiger partial charge in [-0.1, -0.05) is 13.8 Å². The molecule has 0 saturated carbocycles. The minimum atomic E-state index is -0.279. The highest BCUT2D eigenvalue weighted by molar-refractivity contribution is 5.76. The lowest BCUT2D eigenvalue weighted by molar-refractivity contribution is 0.619. The van der Waals surface area contributed by atoms with E-state index in [4.69, 9.17) is 0 Å². The normalized spacial score (nSPS) is 10.1. The molecule has 2 rings (SSSR count). The number of aryl methyl sites for hydroxylation is 3. The second-order valence-corrected chi connectivity index (χ2v) is 3.49. The summed E-state index contributed by atoms with van der Waals surface area (Å²) in [5.74, 6) is -0.279. The molecule has 0 unspecified atom stereocenters. The molecule has 3 nitrogen and oxygen atoms in total. The van der Waals surface area contributed by atoms with Gasteiger partial charge in [0.15, 0.2) is 0 Å². The Labute approximate surface area is 94.1 Å². The summed E-state index contributed by atoms with van der Waals surface area (Å²) in [5.41, 5.74) is 1.81. The Balaban J connectivity index is 0.000000606. The summed E-state index contributed by atoms with van der Waals surface area (Å²) < 4.78 is 16.2. The number of halogens is 1. The molecule has 1 aromatic carbocycles.